The highest BCUT2D eigenvalue weighted by Crippen LogP contribution is 2.38. The van der Waals surface area contributed by atoms with Gasteiger partial charge in [0.05, 0.1) is 41.1 Å². The first-order valence-corrected chi connectivity index (χ1v) is 9.69. The number of aliphatic imine (C=N–C) groups is 1. The summed E-state index contributed by atoms with van der Waals surface area (Å²) in [5.74, 6) is 2.99. The molecule has 30 heavy (non-hydrogen) atoms. The van der Waals surface area contributed by atoms with Crippen LogP contribution in [0.15, 0.2) is 41.4 Å². The van der Waals surface area contributed by atoms with E-state index in [1.165, 1.54) is 0 Å². The predicted octanol–water partition coefficient (Wildman–Crippen LogP) is 2.51. The van der Waals surface area contributed by atoms with Crippen LogP contribution in [0.2, 0.25) is 0 Å². The Morgan fingerprint density at radius 3 is 2.23 bits per heavy atom. The average molecular weight is 418 g/mol. The van der Waals surface area contributed by atoms with Gasteiger partial charge in [0, 0.05) is 13.1 Å². The van der Waals surface area contributed by atoms with Gasteiger partial charge in [0.25, 0.3) is 0 Å². The van der Waals surface area contributed by atoms with Crippen molar-refractivity contribution in [1.82, 2.24) is 10.6 Å². The van der Waals surface area contributed by atoms with Crippen molar-refractivity contribution < 1.29 is 24.1 Å². The van der Waals surface area contributed by atoms with E-state index in [2.05, 4.69) is 15.6 Å². The van der Waals surface area contributed by atoms with Gasteiger partial charge in [-0.3, -0.25) is 0 Å². The van der Waals surface area contributed by atoms with Gasteiger partial charge in [-0.1, -0.05) is 12.1 Å². The van der Waals surface area contributed by atoms with Crippen molar-refractivity contribution in [2.45, 2.75) is 19.6 Å². The summed E-state index contributed by atoms with van der Waals surface area (Å²) in [5.41, 5.74) is 1.66. The number of aliphatic hydroxyl groups excluding tert-OH is 1. The molecule has 0 bridgehead atoms. The van der Waals surface area contributed by atoms with Crippen molar-refractivity contribution in [3.63, 3.8) is 0 Å². The monoisotopic (exact) mass is 417 g/mol. The standard InChI is InChI=1S/C22H31N3O5/c1-6-23-22(25-14-18(26)16-8-7-9-17(12-16)27-2)24-13-15-10-19(28-3)21(30-5)20(11-15)29-4/h7-12,18,26H,6,13-14H2,1-5H3,(H2,23,24,25). The fourth-order valence-corrected chi connectivity index (χ4v) is 2.90. The van der Waals surface area contributed by atoms with Crippen LogP contribution in [0.3, 0.4) is 0 Å². The average Bonchev–Trinajstić information content (AvgIpc) is 2.79. The van der Waals surface area contributed by atoms with Crippen molar-refractivity contribution >= 4 is 5.96 Å². The molecule has 2 aromatic carbocycles. The summed E-state index contributed by atoms with van der Waals surface area (Å²) in [4.78, 5) is 4.60. The van der Waals surface area contributed by atoms with Crippen LogP contribution in [0, 0.1) is 0 Å². The Morgan fingerprint density at radius 1 is 0.967 bits per heavy atom. The van der Waals surface area contributed by atoms with Crippen LogP contribution < -0.4 is 29.6 Å². The minimum Gasteiger partial charge on any atom is -0.497 e. The molecule has 3 N–H and O–H groups in total. The summed E-state index contributed by atoms with van der Waals surface area (Å²) < 4.78 is 21.4. The van der Waals surface area contributed by atoms with Gasteiger partial charge >= 0.3 is 0 Å². The summed E-state index contributed by atoms with van der Waals surface area (Å²) >= 11 is 0. The minimum atomic E-state index is -0.704. The number of nitrogens with one attached hydrogen (secondary N) is 2. The molecule has 0 saturated carbocycles. The lowest BCUT2D eigenvalue weighted by Crippen LogP contribution is -2.39. The number of rotatable bonds is 10. The van der Waals surface area contributed by atoms with Gasteiger partial charge in [-0.15, -0.1) is 0 Å². The van der Waals surface area contributed by atoms with E-state index in [0.29, 0.717) is 48.6 Å². The maximum Gasteiger partial charge on any atom is 0.203 e. The molecule has 0 fully saturated rings. The second-order valence-electron chi connectivity index (χ2n) is 6.40. The predicted molar refractivity (Wildman–Crippen MR) is 117 cm³/mol. The molecule has 0 radical (unpaired) electrons. The zero-order valence-electron chi connectivity index (χ0n) is 18.2. The number of aliphatic hydroxyl groups is 1. The number of hydrogen-bond acceptors (Lipinski definition) is 6. The molecule has 1 atom stereocenters. The highest BCUT2D eigenvalue weighted by atomic mass is 16.5. The van der Waals surface area contributed by atoms with Crippen LogP contribution in [0.5, 0.6) is 23.0 Å². The smallest absolute Gasteiger partial charge is 0.203 e. The summed E-state index contributed by atoms with van der Waals surface area (Å²) in [6.07, 6.45) is -0.704. The summed E-state index contributed by atoms with van der Waals surface area (Å²) in [6.45, 7) is 3.36. The van der Waals surface area contributed by atoms with Crippen molar-refractivity contribution in [2.75, 3.05) is 41.5 Å². The van der Waals surface area contributed by atoms with E-state index in [0.717, 1.165) is 11.1 Å². The van der Waals surface area contributed by atoms with E-state index in [1.807, 2.05) is 43.3 Å². The van der Waals surface area contributed by atoms with Crippen LogP contribution in [-0.4, -0.2) is 52.6 Å². The second kappa shape index (κ2) is 11.8. The third kappa shape index (κ3) is 6.18. The lowest BCUT2D eigenvalue weighted by atomic mass is 10.1. The van der Waals surface area contributed by atoms with E-state index in [1.54, 1.807) is 28.4 Å². The van der Waals surface area contributed by atoms with Crippen molar-refractivity contribution in [3.8, 4) is 23.0 Å². The van der Waals surface area contributed by atoms with Crippen molar-refractivity contribution in [1.29, 1.82) is 0 Å². The molecule has 0 aliphatic carbocycles. The molecular formula is C22H31N3O5. The molecule has 0 aromatic heterocycles. The number of nitrogens with zero attached hydrogens (tertiary/aromatic N) is 1. The fraction of sp³-hybridized carbons (Fsp3) is 0.409. The Morgan fingerprint density at radius 2 is 1.67 bits per heavy atom. The van der Waals surface area contributed by atoms with Crippen LogP contribution in [0.25, 0.3) is 0 Å². The minimum absolute atomic E-state index is 0.300. The second-order valence-corrected chi connectivity index (χ2v) is 6.40. The Balaban J connectivity index is 2.10. The maximum atomic E-state index is 10.5. The third-order valence-corrected chi connectivity index (χ3v) is 4.43. The number of methoxy groups -OCH3 is 4. The van der Waals surface area contributed by atoms with Gasteiger partial charge < -0.3 is 34.7 Å². The highest BCUT2D eigenvalue weighted by molar-refractivity contribution is 5.79. The van der Waals surface area contributed by atoms with Crippen LogP contribution >= 0.6 is 0 Å². The quantitative estimate of drug-likeness (QED) is 0.404. The molecule has 0 aliphatic rings. The lowest BCUT2D eigenvalue weighted by molar-refractivity contribution is 0.180. The number of guanidine groups is 1. The van der Waals surface area contributed by atoms with Gasteiger partial charge in [-0.25, -0.2) is 4.99 Å². The molecule has 164 valence electrons. The Bertz CT molecular complexity index is 816. The highest BCUT2D eigenvalue weighted by Gasteiger charge is 2.13. The molecular weight excluding hydrogens is 386 g/mol. The maximum absolute atomic E-state index is 10.5. The van der Waals surface area contributed by atoms with Gasteiger partial charge in [0.2, 0.25) is 5.75 Å². The molecule has 0 aliphatic heterocycles. The van der Waals surface area contributed by atoms with Gasteiger partial charge in [0.15, 0.2) is 17.5 Å². The zero-order valence-corrected chi connectivity index (χ0v) is 18.2. The van der Waals surface area contributed by atoms with E-state index < -0.39 is 6.10 Å². The third-order valence-electron chi connectivity index (χ3n) is 4.43. The summed E-state index contributed by atoms with van der Waals surface area (Å²) in [7, 11) is 6.33. The van der Waals surface area contributed by atoms with Crippen molar-refractivity contribution in [2.24, 2.45) is 4.99 Å². The molecule has 2 rings (SSSR count). The van der Waals surface area contributed by atoms with E-state index in [9.17, 15) is 5.11 Å². The van der Waals surface area contributed by atoms with Crippen molar-refractivity contribution in [3.05, 3.63) is 47.5 Å². The number of hydrogen-bond donors (Lipinski definition) is 3. The first-order valence-electron chi connectivity index (χ1n) is 9.69. The van der Waals surface area contributed by atoms with E-state index in [-0.39, 0.29) is 0 Å². The molecule has 0 spiro atoms. The van der Waals surface area contributed by atoms with E-state index >= 15 is 0 Å². The van der Waals surface area contributed by atoms with Gasteiger partial charge in [-0.05, 0) is 42.3 Å². The Hall–Kier alpha value is -3.13. The SMILES string of the molecule is CCNC(=NCc1cc(OC)c(OC)c(OC)c1)NCC(O)c1cccc(OC)c1. The lowest BCUT2D eigenvalue weighted by Gasteiger charge is -2.16. The van der Waals surface area contributed by atoms with E-state index in [4.69, 9.17) is 18.9 Å². The Labute approximate surface area is 177 Å². The molecule has 0 amide bonds. The Kier molecular flexibility index (Phi) is 9.08. The first kappa shape index (κ1) is 23.2. The van der Waals surface area contributed by atoms with Crippen LogP contribution in [0.1, 0.15) is 24.2 Å². The number of ether oxygens (including phenoxy) is 4. The molecule has 0 heterocycles. The molecule has 8 nitrogen and oxygen atoms in total. The first-order chi connectivity index (χ1) is 14.6. The zero-order chi connectivity index (χ0) is 21.9. The van der Waals surface area contributed by atoms with Crippen LogP contribution in [0.4, 0.5) is 0 Å². The summed E-state index contributed by atoms with van der Waals surface area (Å²) in [5, 5.41) is 16.8. The summed E-state index contributed by atoms with van der Waals surface area (Å²) in [6, 6.07) is 11.1. The molecule has 1 unspecified atom stereocenters. The van der Waals surface area contributed by atoms with Gasteiger partial charge in [-0.2, -0.15) is 0 Å². The topological polar surface area (TPSA) is 93.6 Å². The molecule has 0 saturated heterocycles. The number of benzene rings is 2. The molecule has 8 heteroatoms. The fourth-order valence-electron chi connectivity index (χ4n) is 2.90. The van der Waals surface area contributed by atoms with Crippen LogP contribution in [-0.2, 0) is 6.54 Å². The molecule has 2 aromatic rings. The normalized spacial score (nSPS) is 12.1. The van der Waals surface area contributed by atoms with Gasteiger partial charge in [0.1, 0.15) is 5.75 Å². The largest absolute Gasteiger partial charge is 0.497 e.